The summed E-state index contributed by atoms with van der Waals surface area (Å²) in [5.41, 5.74) is 4.43. The van der Waals surface area contributed by atoms with Gasteiger partial charge in [0, 0.05) is 64.1 Å². The molecule has 334 valence electrons. The molecular weight excluding hydrogens is 811 g/mol. The van der Waals surface area contributed by atoms with Crippen molar-refractivity contribution in [3.05, 3.63) is 96.1 Å². The maximum absolute atomic E-state index is 14.3. The maximum atomic E-state index is 14.3. The molecule has 5 heterocycles. The molecule has 0 saturated carbocycles. The van der Waals surface area contributed by atoms with Crippen LogP contribution >= 0.6 is 0 Å². The largest absolute Gasteiger partial charge is 0.493 e. The Kier molecular flexibility index (Phi) is 14.3. The Morgan fingerprint density at radius 2 is 1.68 bits per heavy atom. The van der Waals surface area contributed by atoms with Gasteiger partial charge in [-0.15, -0.1) is 0 Å². The summed E-state index contributed by atoms with van der Waals surface area (Å²) < 4.78 is 38.3. The van der Waals surface area contributed by atoms with Crippen molar-refractivity contribution in [3.8, 4) is 22.6 Å². The first-order valence-electron chi connectivity index (χ1n) is 21.3. The number of carbonyl (C=O) groups excluding carboxylic acids is 5. The third-order valence-electron chi connectivity index (χ3n) is 11.5. The highest BCUT2D eigenvalue weighted by Crippen LogP contribution is 2.42. The van der Waals surface area contributed by atoms with Crippen molar-refractivity contribution < 1.29 is 52.4 Å². The number of hydrogen-bond acceptors (Lipinski definition) is 11. The van der Waals surface area contributed by atoms with Crippen LogP contribution in [0.4, 0.5) is 16.2 Å². The molecule has 0 aliphatic carbocycles. The lowest BCUT2D eigenvalue weighted by Gasteiger charge is -2.42. The normalized spacial score (nSPS) is 18.4. The van der Waals surface area contributed by atoms with Crippen molar-refractivity contribution in [2.75, 3.05) is 50.8 Å². The Morgan fingerprint density at radius 1 is 0.905 bits per heavy atom. The SMILES string of the molecule is C=CCOC(=O)N1c2cc(OCCCC(=O)Nc3cc(C(=O)Cc4ccc(-c5cc(C(=O)OC)n(C)c5)cc4)n(C)c3)c(OC)cc2C(=O)N2CCCC[C@H]2[C@@H]1OC1CCCCO1. The molecule has 0 radical (unpaired) electrons. The second kappa shape index (κ2) is 20.2. The second-order valence-electron chi connectivity index (χ2n) is 15.9. The molecule has 3 aliphatic heterocycles. The molecule has 16 heteroatoms. The fourth-order valence-electron chi connectivity index (χ4n) is 8.36. The summed E-state index contributed by atoms with van der Waals surface area (Å²) >= 11 is 0. The number of methoxy groups -OCH3 is 2. The highest BCUT2D eigenvalue weighted by atomic mass is 16.7. The van der Waals surface area contributed by atoms with E-state index in [0.717, 1.165) is 42.4 Å². The molecule has 3 aliphatic rings. The van der Waals surface area contributed by atoms with E-state index in [2.05, 4.69) is 11.9 Å². The number of esters is 1. The first-order chi connectivity index (χ1) is 30.5. The summed E-state index contributed by atoms with van der Waals surface area (Å²) in [5, 5.41) is 2.88. The molecule has 2 aromatic carbocycles. The molecule has 2 saturated heterocycles. The average molecular weight is 866 g/mol. The van der Waals surface area contributed by atoms with E-state index in [-0.39, 0.29) is 66.4 Å². The van der Waals surface area contributed by atoms with Crippen LogP contribution in [0.5, 0.6) is 11.5 Å². The quantitative estimate of drug-likeness (QED) is 0.0530. The van der Waals surface area contributed by atoms with Crippen molar-refractivity contribution >= 4 is 41.0 Å². The number of aryl methyl sites for hydroxylation is 2. The monoisotopic (exact) mass is 865 g/mol. The first kappa shape index (κ1) is 44.7. The Bertz CT molecular complexity index is 2330. The third-order valence-corrected chi connectivity index (χ3v) is 11.5. The molecule has 0 bridgehead atoms. The number of anilines is 2. The van der Waals surface area contributed by atoms with Gasteiger partial charge in [-0.3, -0.25) is 14.4 Å². The molecule has 1 N–H and O–H groups in total. The van der Waals surface area contributed by atoms with Gasteiger partial charge in [0.1, 0.15) is 12.3 Å². The molecule has 3 atom stereocenters. The molecule has 2 aromatic heterocycles. The van der Waals surface area contributed by atoms with Crippen LogP contribution in [0, 0.1) is 0 Å². The first-order valence-corrected chi connectivity index (χ1v) is 21.3. The third kappa shape index (κ3) is 10.1. The minimum atomic E-state index is -0.897. The van der Waals surface area contributed by atoms with Gasteiger partial charge in [0.05, 0.1) is 49.5 Å². The molecule has 4 aromatic rings. The van der Waals surface area contributed by atoms with Crippen LogP contribution in [0.25, 0.3) is 11.1 Å². The van der Waals surface area contributed by atoms with Crippen LogP contribution < -0.4 is 19.7 Å². The van der Waals surface area contributed by atoms with Gasteiger partial charge >= 0.3 is 12.1 Å². The highest BCUT2D eigenvalue weighted by Gasteiger charge is 2.47. The van der Waals surface area contributed by atoms with Crippen molar-refractivity contribution in [1.82, 2.24) is 14.0 Å². The number of ether oxygens (including phenoxy) is 6. The topological polar surface area (TPSA) is 169 Å². The zero-order valence-corrected chi connectivity index (χ0v) is 36.3. The van der Waals surface area contributed by atoms with Gasteiger partial charge < -0.3 is 47.8 Å². The molecule has 16 nitrogen and oxygen atoms in total. The van der Waals surface area contributed by atoms with E-state index in [9.17, 15) is 24.0 Å². The van der Waals surface area contributed by atoms with Gasteiger partial charge in [0.15, 0.2) is 29.8 Å². The fraction of sp³-hybridized carbons (Fsp3) is 0.426. The van der Waals surface area contributed by atoms with Crippen LogP contribution in [0.2, 0.25) is 0 Å². The molecule has 7 rings (SSSR count). The fourth-order valence-corrected chi connectivity index (χ4v) is 8.36. The van der Waals surface area contributed by atoms with Crippen LogP contribution in [-0.4, -0.2) is 103 Å². The predicted molar refractivity (Wildman–Crippen MR) is 233 cm³/mol. The van der Waals surface area contributed by atoms with Gasteiger partial charge in [-0.2, -0.15) is 0 Å². The van der Waals surface area contributed by atoms with Gasteiger partial charge in [-0.25, -0.2) is 14.5 Å². The summed E-state index contributed by atoms with van der Waals surface area (Å²) in [6.45, 7) is 4.79. The van der Waals surface area contributed by atoms with E-state index in [1.165, 1.54) is 25.2 Å². The number of nitrogens with zero attached hydrogens (tertiary/aromatic N) is 4. The van der Waals surface area contributed by atoms with Gasteiger partial charge in [0.25, 0.3) is 5.91 Å². The average Bonchev–Trinajstić information content (AvgIpc) is 3.85. The van der Waals surface area contributed by atoms with Crippen molar-refractivity contribution in [1.29, 1.82) is 0 Å². The van der Waals surface area contributed by atoms with Crippen LogP contribution in [0.1, 0.15) is 88.3 Å². The Balaban J connectivity index is 0.994. The predicted octanol–water partition coefficient (Wildman–Crippen LogP) is 7.06. The summed E-state index contributed by atoms with van der Waals surface area (Å²) in [5.74, 6) is -0.505. The molecule has 2 fully saturated rings. The number of fused-ring (bicyclic) bond motifs is 2. The Morgan fingerprint density at radius 3 is 2.41 bits per heavy atom. The zero-order valence-electron chi connectivity index (χ0n) is 36.3. The molecule has 3 amide bonds. The number of Topliss-reactive ketones (excluding diaryl/α,β-unsaturated/α-hetero) is 1. The number of rotatable bonds is 16. The van der Waals surface area contributed by atoms with E-state index in [0.29, 0.717) is 49.5 Å². The molecular formula is C47H55N5O11. The van der Waals surface area contributed by atoms with Crippen LogP contribution in [0.3, 0.4) is 0 Å². The summed E-state index contributed by atoms with van der Waals surface area (Å²) in [6.07, 6.45) is 8.21. The van der Waals surface area contributed by atoms with E-state index in [4.69, 9.17) is 28.4 Å². The van der Waals surface area contributed by atoms with Gasteiger partial charge in [-0.05, 0) is 74.3 Å². The number of piperidine rings is 1. The van der Waals surface area contributed by atoms with Crippen molar-refractivity contribution in [2.24, 2.45) is 14.1 Å². The number of carbonyl (C=O) groups is 5. The van der Waals surface area contributed by atoms with Gasteiger partial charge in [0.2, 0.25) is 5.91 Å². The molecule has 63 heavy (non-hydrogen) atoms. The molecule has 1 unspecified atom stereocenters. The second-order valence-corrected chi connectivity index (χ2v) is 15.9. The standard InChI is InChI=1S/C47H55N5O11/c1-6-20-62-47(57)52-36-27-41(40(58-4)26-34(36)44(55)51-19-9-7-12-35(51)45(52)63-43-14-8-10-21-61-43)60-22-11-13-42(54)48-33-25-37(50(3)29-33)39(53)23-30-15-17-31(18-16-30)32-24-38(46(56)59-5)49(2)28-32/h6,15-18,24-29,35,43,45H,1,7-14,19-23H2,2-5H3,(H,48,54)/t35-,43?,45-/m0/s1. The van der Waals surface area contributed by atoms with Gasteiger partial charge in [-0.1, -0.05) is 36.9 Å². The Labute approximate surface area is 366 Å². The number of aromatic nitrogens is 2. The number of ketones is 1. The number of amides is 3. The van der Waals surface area contributed by atoms with E-state index < -0.39 is 30.6 Å². The highest BCUT2D eigenvalue weighted by molar-refractivity contribution is 6.06. The van der Waals surface area contributed by atoms with Crippen LogP contribution in [-0.2, 0) is 44.3 Å². The summed E-state index contributed by atoms with van der Waals surface area (Å²) in [7, 11) is 6.34. The smallest absolute Gasteiger partial charge is 0.416 e. The number of benzene rings is 2. The van der Waals surface area contributed by atoms with Crippen molar-refractivity contribution in [2.45, 2.75) is 76.3 Å². The summed E-state index contributed by atoms with van der Waals surface area (Å²) in [6, 6.07) is 13.7. The van der Waals surface area contributed by atoms with Crippen LogP contribution in [0.15, 0.2) is 73.6 Å². The number of nitrogens with one attached hydrogen (secondary N) is 1. The lowest BCUT2D eigenvalue weighted by molar-refractivity contribution is -0.198. The Hall–Kier alpha value is -6.39. The number of hydrogen-bond donors (Lipinski definition) is 1. The minimum Gasteiger partial charge on any atom is -0.493 e. The zero-order chi connectivity index (χ0) is 44.6. The summed E-state index contributed by atoms with van der Waals surface area (Å²) in [4.78, 5) is 69.9. The lowest BCUT2D eigenvalue weighted by atomic mass is 10.00. The lowest BCUT2D eigenvalue weighted by Crippen LogP contribution is -2.57. The molecule has 0 spiro atoms. The van der Waals surface area contributed by atoms with E-state index >= 15 is 0 Å². The maximum Gasteiger partial charge on any atom is 0.416 e. The van der Waals surface area contributed by atoms with E-state index in [1.54, 1.807) is 58.6 Å². The van der Waals surface area contributed by atoms with Crippen molar-refractivity contribution in [3.63, 3.8) is 0 Å². The minimum absolute atomic E-state index is 0.0466. The van der Waals surface area contributed by atoms with E-state index in [1.807, 2.05) is 30.5 Å².